The fourth-order valence-corrected chi connectivity index (χ4v) is 8.73. The van der Waals surface area contributed by atoms with E-state index in [1.807, 2.05) is 0 Å². The van der Waals surface area contributed by atoms with Crippen LogP contribution in [0.15, 0.2) is 134 Å². The zero-order valence-electron chi connectivity index (χ0n) is 51.3. The molecule has 0 aliphatic rings. The highest BCUT2D eigenvalue weighted by Gasteiger charge is 2.19. The molecule has 0 rings (SSSR count). The van der Waals surface area contributed by atoms with E-state index in [0.29, 0.717) is 12.8 Å². The SMILES string of the molecule is CC/C=C\C/C=C\C/C=C\C/C=C\C/C=C\C/C=C\CCCCCCC(=O)OC(COC(=O)CCCCCCC/C=C\C/C=C\CCC)COC(=O)CCCCCCCCCCCC/C=C\C/C=C\C/C=C\CCCCCCC. The van der Waals surface area contributed by atoms with Gasteiger partial charge in [0, 0.05) is 19.3 Å². The third-order valence-corrected chi connectivity index (χ3v) is 13.6. The molecular formula is C73H120O6. The molecule has 0 fully saturated rings. The van der Waals surface area contributed by atoms with Crippen molar-refractivity contribution in [2.24, 2.45) is 0 Å². The first kappa shape index (κ1) is 74.5. The highest BCUT2D eigenvalue weighted by Crippen LogP contribution is 2.15. The third-order valence-electron chi connectivity index (χ3n) is 13.6. The van der Waals surface area contributed by atoms with Crippen molar-refractivity contribution in [1.82, 2.24) is 0 Å². The Morgan fingerprint density at radius 3 is 0.823 bits per heavy atom. The summed E-state index contributed by atoms with van der Waals surface area (Å²) in [5.74, 6) is -0.940. The van der Waals surface area contributed by atoms with Gasteiger partial charge < -0.3 is 14.2 Å². The Bertz CT molecular complexity index is 1680. The largest absolute Gasteiger partial charge is 0.462 e. The molecule has 0 aliphatic heterocycles. The maximum Gasteiger partial charge on any atom is 0.306 e. The van der Waals surface area contributed by atoms with E-state index in [2.05, 4.69) is 154 Å². The van der Waals surface area contributed by atoms with E-state index in [4.69, 9.17) is 14.2 Å². The van der Waals surface area contributed by atoms with Gasteiger partial charge in [-0.1, -0.05) is 270 Å². The van der Waals surface area contributed by atoms with Gasteiger partial charge in [0.2, 0.25) is 0 Å². The number of ether oxygens (including phenoxy) is 3. The molecule has 0 aromatic rings. The lowest BCUT2D eigenvalue weighted by molar-refractivity contribution is -0.167. The molecule has 1 unspecified atom stereocenters. The van der Waals surface area contributed by atoms with Crippen molar-refractivity contribution in [1.29, 1.82) is 0 Å². The number of carbonyl (C=O) groups excluding carboxylic acids is 3. The summed E-state index contributed by atoms with van der Waals surface area (Å²) in [5, 5.41) is 0. The minimum Gasteiger partial charge on any atom is -0.462 e. The number of allylic oxidation sites excluding steroid dienone is 22. The standard InChI is InChI=1S/C73H120O6/c1-4-7-10-13-16-19-22-25-27-29-31-33-35-36-38-39-41-43-45-48-51-54-57-60-63-66-72(75)78-69-70(68-77-71(74)65-62-59-56-53-50-47-24-21-18-15-12-9-6-3)79-73(76)67-64-61-58-55-52-49-46-44-42-40-37-34-32-30-28-26-23-20-17-14-11-8-5-2/h8,11-12,15,17,20-22,24-26,28-29,31-32,34-36,40,42,46,49,70H,4-7,9-10,13-14,16,18-19,23,27,30,33,37-39,41,43-45,47-48,50-69H2,1-3H3/b11-8-,15-12-,20-17-,24-21-,25-22-,28-26-,31-29-,34-32-,36-35-,42-40-,49-46-. The van der Waals surface area contributed by atoms with Gasteiger partial charge in [0.25, 0.3) is 0 Å². The summed E-state index contributed by atoms with van der Waals surface area (Å²) in [5.41, 5.74) is 0. The van der Waals surface area contributed by atoms with Crippen LogP contribution in [0, 0.1) is 0 Å². The zero-order valence-corrected chi connectivity index (χ0v) is 51.3. The number of esters is 3. The fourth-order valence-electron chi connectivity index (χ4n) is 8.73. The van der Waals surface area contributed by atoms with Crippen molar-refractivity contribution in [3.05, 3.63) is 134 Å². The van der Waals surface area contributed by atoms with Gasteiger partial charge in [-0.3, -0.25) is 14.4 Å². The first-order chi connectivity index (χ1) is 39.0. The summed E-state index contributed by atoms with van der Waals surface area (Å²) in [7, 11) is 0. The van der Waals surface area contributed by atoms with Crippen LogP contribution in [0.5, 0.6) is 0 Å². The quantitative estimate of drug-likeness (QED) is 0.0261. The molecule has 0 heterocycles. The first-order valence-corrected chi connectivity index (χ1v) is 32.7. The molecule has 79 heavy (non-hydrogen) atoms. The highest BCUT2D eigenvalue weighted by molar-refractivity contribution is 5.71. The smallest absolute Gasteiger partial charge is 0.306 e. The van der Waals surface area contributed by atoms with Crippen LogP contribution in [-0.4, -0.2) is 37.2 Å². The summed E-state index contributed by atoms with van der Waals surface area (Å²) in [4.78, 5) is 38.3. The van der Waals surface area contributed by atoms with Crippen molar-refractivity contribution in [3.8, 4) is 0 Å². The number of hydrogen-bond acceptors (Lipinski definition) is 6. The van der Waals surface area contributed by atoms with Crippen molar-refractivity contribution in [3.63, 3.8) is 0 Å². The Morgan fingerprint density at radius 1 is 0.266 bits per heavy atom. The summed E-state index contributed by atoms with van der Waals surface area (Å²) >= 11 is 0. The number of hydrogen-bond donors (Lipinski definition) is 0. The van der Waals surface area contributed by atoms with Crippen LogP contribution in [0.1, 0.15) is 290 Å². The summed E-state index contributed by atoms with van der Waals surface area (Å²) in [6.45, 7) is 6.42. The van der Waals surface area contributed by atoms with E-state index in [9.17, 15) is 14.4 Å². The van der Waals surface area contributed by atoms with Crippen LogP contribution in [0.3, 0.4) is 0 Å². The molecule has 0 amide bonds. The second-order valence-corrected chi connectivity index (χ2v) is 21.3. The molecule has 0 radical (unpaired) electrons. The van der Waals surface area contributed by atoms with Crippen LogP contribution in [0.25, 0.3) is 0 Å². The van der Waals surface area contributed by atoms with E-state index in [-0.39, 0.29) is 37.5 Å². The normalized spacial score (nSPS) is 13.0. The van der Waals surface area contributed by atoms with Crippen molar-refractivity contribution in [2.45, 2.75) is 297 Å². The Morgan fingerprint density at radius 2 is 0.519 bits per heavy atom. The van der Waals surface area contributed by atoms with Gasteiger partial charge in [-0.15, -0.1) is 0 Å². The van der Waals surface area contributed by atoms with Crippen LogP contribution >= 0.6 is 0 Å². The average molecular weight is 1090 g/mol. The molecule has 0 spiro atoms. The Kier molecular flexibility index (Phi) is 62.3. The predicted octanol–water partition coefficient (Wildman–Crippen LogP) is 22.5. The Labute approximate surface area is 487 Å². The van der Waals surface area contributed by atoms with Crippen molar-refractivity contribution < 1.29 is 28.6 Å². The molecule has 0 bridgehead atoms. The molecule has 1 atom stereocenters. The maximum atomic E-state index is 12.9. The molecule has 6 nitrogen and oxygen atoms in total. The number of carbonyl (C=O) groups is 3. The predicted molar refractivity (Wildman–Crippen MR) is 343 cm³/mol. The lowest BCUT2D eigenvalue weighted by Gasteiger charge is -2.18. The number of rotatable bonds is 58. The van der Waals surface area contributed by atoms with E-state index in [0.717, 1.165) is 154 Å². The van der Waals surface area contributed by atoms with Crippen LogP contribution in [0.2, 0.25) is 0 Å². The lowest BCUT2D eigenvalue weighted by Crippen LogP contribution is -2.30. The van der Waals surface area contributed by atoms with E-state index in [1.54, 1.807) is 0 Å². The topological polar surface area (TPSA) is 78.9 Å². The maximum absolute atomic E-state index is 12.9. The van der Waals surface area contributed by atoms with E-state index >= 15 is 0 Å². The third kappa shape index (κ3) is 64.3. The average Bonchev–Trinajstić information content (AvgIpc) is 3.45. The molecule has 6 heteroatoms. The van der Waals surface area contributed by atoms with Crippen LogP contribution in [-0.2, 0) is 28.6 Å². The van der Waals surface area contributed by atoms with Gasteiger partial charge >= 0.3 is 17.9 Å². The van der Waals surface area contributed by atoms with Crippen molar-refractivity contribution >= 4 is 17.9 Å². The van der Waals surface area contributed by atoms with Gasteiger partial charge in [0.1, 0.15) is 13.2 Å². The number of unbranched alkanes of at least 4 members (excludes halogenated alkanes) is 25. The Balaban J connectivity index is 4.41. The monoisotopic (exact) mass is 1090 g/mol. The molecule has 0 saturated carbocycles. The van der Waals surface area contributed by atoms with Crippen LogP contribution < -0.4 is 0 Å². The summed E-state index contributed by atoms with van der Waals surface area (Å²) in [6.07, 6.45) is 93.1. The minimum absolute atomic E-state index is 0.0988. The van der Waals surface area contributed by atoms with Crippen LogP contribution in [0.4, 0.5) is 0 Å². The van der Waals surface area contributed by atoms with E-state index in [1.165, 1.54) is 96.3 Å². The highest BCUT2D eigenvalue weighted by atomic mass is 16.6. The zero-order chi connectivity index (χ0) is 57.1. The van der Waals surface area contributed by atoms with Gasteiger partial charge in [0.15, 0.2) is 6.10 Å². The second kappa shape index (κ2) is 66.1. The molecule has 0 aliphatic carbocycles. The van der Waals surface area contributed by atoms with E-state index < -0.39 is 6.10 Å². The summed E-state index contributed by atoms with van der Waals surface area (Å²) in [6, 6.07) is 0. The molecule has 0 N–H and O–H groups in total. The molecule has 0 saturated heterocycles. The molecule has 0 aromatic heterocycles. The lowest BCUT2D eigenvalue weighted by atomic mass is 10.1. The Hall–Kier alpha value is -4.45. The van der Waals surface area contributed by atoms with Gasteiger partial charge in [-0.2, -0.15) is 0 Å². The van der Waals surface area contributed by atoms with Gasteiger partial charge in [0.05, 0.1) is 0 Å². The molecular weight excluding hydrogens is 973 g/mol. The summed E-state index contributed by atoms with van der Waals surface area (Å²) < 4.78 is 16.9. The van der Waals surface area contributed by atoms with Gasteiger partial charge in [-0.05, 0) is 135 Å². The second-order valence-electron chi connectivity index (χ2n) is 21.3. The van der Waals surface area contributed by atoms with Gasteiger partial charge in [-0.25, -0.2) is 0 Å². The first-order valence-electron chi connectivity index (χ1n) is 32.7. The molecule has 0 aromatic carbocycles. The minimum atomic E-state index is -0.806. The van der Waals surface area contributed by atoms with Crippen molar-refractivity contribution in [2.75, 3.05) is 13.2 Å². The fraction of sp³-hybridized carbons (Fsp3) is 0.658. The molecule has 448 valence electrons.